The monoisotopic (exact) mass is 244 g/mol. The van der Waals surface area contributed by atoms with Gasteiger partial charge in [0, 0.05) is 0 Å². The highest BCUT2D eigenvalue weighted by molar-refractivity contribution is 6.70. The Morgan fingerprint density at radius 3 is 1.94 bits per heavy atom. The minimum Gasteiger partial charge on any atom is -0.547 e. The van der Waals surface area contributed by atoms with E-state index in [1.165, 1.54) is 6.92 Å². The maximum atomic E-state index is 11.5. The molecule has 0 amide bonds. The van der Waals surface area contributed by atoms with Crippen molar-refractivity contribution in [2.24, 2.45) is 0 Å². The maximum absolute atomic E-state index is 11.5. The third kappa shape index (κ3) is 5.11. The summed E-state index contributed by atoms with van der Waals surface area (Å²) in [6, 6.07) is 0. The Kier molecular flexibility index (Phi) is 5.44. The van der Waals surface area contributed by atoms with Crippen LogP contribution >= 0.6 is 0 Å². The van der Waals surface area contributed by atoms with E-state index in [2.05, 4.69) is 0 Å². The van der Waals surface area contributed by atoms with Crippen LogP contribution in [0.4, 0.5) is 0 Å². The van der Waals surface area contributed by atoms with Crippen molar-refractivity contribution >= 4 is 20.1 Å². The van der Waals surface area contributed by atoms with Crippen LogP contribution in [0.3, 0.4) is 0 Å². The maximum Gasteiger partial charge on any atom is 0.345 e. The molecule has 0 bridgehead atoms. The molecule has 0 rings (SSSR count). The summed E-state index contributed by atoms with van der Waals surface area (Å²) in [6.45, 7) is 10.9. The standard InChI is InChI=1S/C11H20O4Si/c1-7-14-11(13)10(8(2)12)9(3)15-16(4,5)6/h7H2,1-6H3/b10-9-. The summed E-state index contributed by atoms with van der Waals surface area (Å²) < 4.78 is 10.4. The number of ether oxygens (including phenoxy) is 1. The molecule has 0 saturated heterocycles. The first-order valence-electron chi connectivity index (χ1n) is 5.27. The fourth-order valence-electron chi connectivity index (χ4n) is 1.25. The van der Waals surface area contributed by atoms with Gasteiger partial charge < -0.3 is 9.16 Å². The molecular formula is C11H20O4Si. The zero-order chi connectivity index (χ0) is 12.9. The first kappa shape index (κ1) is 14.9. The lowest BCUT2D eigenvalue weighted by atomic mass is 10.1. The van der Waals surface area contributed by atoms with Crippen molar-refractivity contribution < 1.29 is 18.8 Å². The van der Waals surface area contributed by atoms with Crippen LogP contribution < -0.4 is 0 Å². The summed E-state index contributed by atoms with van der Waals surface area (Å²) in [4.78, 5) is 22.9. The molecule has 0 aliphatic heterocycles. The summed E-state index contributed by atoms with van der Waals surface area (Å²) in [5, 5.41) is 0. The van der Waals surface area contributed by atoms with Crippen LogP contribution in [0.5, 0.6) is 0 Å². The quantitative estimate of drug-likeness (QED) is 0.186. The third-order valence-corrected chi connectivity index (χ3v) is 2.56. The van der Waals surface area contributed by atoms with Gasteiger partial charge in [-0.1, -0.05) is 0 Å². The Hall–Kier alpha value is -1.10. The van der Waals surface area contributed by atoms with Crippen molar-refractivity contribution in [1.82, 2.24) is 0 Å². The second kappa shape index (κ2) is 5.84. The molecule has 5 heteroatoms. The van der Waals surface area contributed by atoms with Gasteiger partial charge in [0.05, 0.1) is 12.4 Å². The lowest BCUT2D eigenvalue weighted by Crippen LogP contribution is -2.27. The Labute approximate surface area is 97.8 Å². The largest absolute Gasteiger partial charge is 0.547 e. The van der Waals surface area contributed by atoms with Crippen LogP contribution in [0.2, 0.25) is 19.6 Å². The second-order valence-corrected chi connectivity index (χ2v) is 8.85. The van der Waals surface area contributed by atoms with E-state index in [-0.39, 0.29) is 18.0 Å². The molecule has 0 N–H and O–H groups in total. The molecule has 0 saturated carbocycles. The van der Waals surface area contributed by atoms with Gasteiger partial charge in [-0.2, -0.15) is 0 Å². The summed E-state index contributed by atoms with van der Waals surface area (Å²) in [5.41, 5.74) is 0.0178. The molecule has 4 nitrogen and oxygen atoms in total. The summed E-state index contributed by atoms with van der Waals surface area (Å²) in [6.07, 6.45) is 0. The van der Waals surface area contributed by atoms with E-state index in [1.54, 1.807) is 13.8 Å². The van der Waals surface area contributed by atoms with Crippen molar-refractivity contribution in [3.63, 3.8) is 0 Å². The van der Waals surface area contributed by atoms with E-state index in [0.717, 1.165) is 0 Å². The van der Waals surface area contributed by atoms with Crippen LogP contribution in [0.1, 0.15) is 20.8 Å². The average Bonchev–Trinajstić information content (AvgIpc) is 1.99. The Bertz CT molecular complexity index is 312. The number of carbonyl (C=O) groups excluding carboxylic acids is 2. The number of carbonyl (C=O) groups is 2. The van der Waals surface area contributed by atoms with Crippen LogP contribution in [-0.2, 0) is 18.8 Å². The fraction of sp³-hybridized carbons (Fsp3) is 0.636. The van der Waals surface area contributed by atoms with Crippen molar-refractivity contribution in [3.8, 4) is 0 Å². The number of Topliss-reactive ketones (excluding diaryl/α,β-unsaturated/α-hetero) is 1. The summed E-state index contributed by atoms with van der Waals surface area (Å²) in [5.74, 6) is -0.565. The molecule has 0 aliphatic rings. The lowest BCUT2D eigenvalue weighted by molar-refractivity contribution is -0.140. The molecule has 0 unspecified atom stereocenters. The van der Waals surface area contributed by atoms with Crippen LogP contribution in [0.25, 0.3) is 0 Å². The smallest absolute Gasteiger partial charge is 0.345 e. The van der Waals surface area contributed by atoms with E-state index in [9.17, 15) is 9.59 Å². The molecule has 0 aromatic carbocycles. The van der Waals surface area contributed by atoms with Crippen molar-refractivity contribution in [1.29, 1.82) is 0 Å². The van der Waals surface area contributed by atoms with Gasteiger partial charge in [0.25, 0.3) is 0 Å². The number of esters is 1. The van der Waals surface area contributed by atoms with Gasteiger partial charge >= 0.3 is 5.97 Å². The minimum absolute atomic E-state index is 0.0178. The van der Waals surface area contributed by atoms with E-state index >= 15 is 0 Å². The highest BCUT2D eigenvalue weighted by atomic mass is 28.4. The molecule has 0 spiro atoms. The van der Waals surface area contributed by atoms with E-state index in [4.69, 9.17) is 9.16 Å². The first-order valence-corrected chi connectivity index (χ1v) is 8.67. The third-order valence-electron chi connectivity index (χ3n) is 1.64. The number of ketones is 1. The van der Waals surface area contributed by atoms with Gasteiger partial charge in [-0.25, -0.2) is 4.79 Å². The molecule has 0 aromatic heterocycles. The van der Waals surface area contributed by atoms with Crippen molar-refractivity contribution in [3.05, 3.63) is 11.3 Å². The van der Waals surface area contributed by atoms with Gasteiger partial charge in [0.15, 0.2) is 5.78 Å². The van der Waals surface area contributed by atoms with Crippen LogP contribution in [-0.4, -0.2) is 26.7 Å². The minimum atomic E-state index is -1.82. The van der Waals surface area contributed by atoms with E-state index < -0.39 is 14.3 Å². The first-order chi connectivity index (χ1) is 7.19. The lowest BCUT2D eigenvalue weighted by Gasteiger charge is -2.21. The highest BCUT2D eigenvalue weighted by Gasteiger charge is 2.24. The number of rotatable bonds is 5. The normalized spacial score (nSPS) is 12.9. The molecule has 0 aromatic rings. The van der Waals surface area contributed by atoms with Gasteiger partial charge in [-0.3, -0.25) is 4.79 Å². The molecular weight excluding hydrogens is 224 g/mol. The summed E-state index contributed by atoms with van der Waals surface area (Å²) >= 11 is 0. The number of hydrogen-bond donors (Lipinski definition) is 0. The number of allylic oxidation sites excluding steroid dienone is 1. The van der Waals surface area contributed by atoms with E-state index in [1.807, 2.05) is 19.6 Å². The van der Waals surface area contributed by atoms with Gasteiger partial charge in [-0.15, -0.1) is 0 Å². The van der Waals surface area contributed by atoms with Crippen LogP contribution in [0.15, 0.2) is 11.3 Å². The Balaban J connectivity index is 5.09. The van der Waals surface area contributed by atoms with Crippen molar-refractivity contribution in [2.75, 3.05) is 6.61 Å². The Morgan fingerprint density at radius 2 is 1.62 bits per heavy atom. The zero-order valence-electron chi connectivity index (χ0n) is 10.8. The fourth-order valence-corrected chi connectivity index (χ4v) is 2.27. The van der Waals surface area contributed by atoms with Crippen LogP contribution in [0, 0.1) is 0 Å². The molecule has 92 valence electrons. The molecule has 0 aliphatic carbocycles. The topological polar surface area (TPSA) is 52.6 Å². The van der Waals surface area contributed by atoms with Gasteiger partial charge in [-0.05, 0) is 40.4 Å². The predicted molar refractivity (Wildman–Crippen MR) is 64.4 cm³/mol. The molecule has 0 radical (unpaired) electrons. The molecule has 0 fully saturated rings. The molecule has 0 atom stereocenters. The molecule has 16 heavy (non-hydrogen) atoms. The number of hydrogen-bond acceptors (Lipinski definition) is 4. The Morgan fingerprint density at radius 1 is 1.12 bits per heavy atom. The van der Waals surface area contributed by atoms with Crippen molar-refractivity contribution in [2.45, 2.75) is 40.4 Å². The highest BCUT2D eigenvalue weighted by Crippen LogP contribution is 2.15. The predicted octanol–water partition coefficient (Wildman–Crippen LogP) is 2.26. The second-order valence-electron chi connectivity index (χ2n) is 4.42. The molecule has 0 heterocycles. The summed E-state index contributed by atoms with van der Waals surface area (Å²) in [7, 11) is -1.82. The van der Waals surface area contributed by atoms with Gasteiger partial charge in [0.1, 0.15) is 5.57 Å². The van der Waals surface area contributed by atoms with E-state index in [0.29, 0.717) is 5.76 Å². The van der Waals surface area contributed by atoms with Gasteiger partial charge in [0.2, 0.25) is 8.32 Å². The average molecular weight is 244 g/mol. The zero-order valence-corrected chi connectivity index (χ0v) is 11.8. The SMILES string of the molecule is CCOC(=O)/C(C(C)=O)=C(/C)O[Si](C)(C)C.